The fourth-order valence-electron chi connectivity index (χ4n) is 3.65. The number of hydrogen-bond donors (Lipinski definition) is 4. The predicted octanol–water partition coefficient (Wildman–Crippen LogP) is 2.83. The summed E-state index contributed by atoms with van der Waals surface area (Å²) in [5.74, 6) is -0.294. The molecular weight excluding hydrogens is 443 g/mol. The van der Waals surface area contributed by atoms with Gasteiger partial charge in [0.05, 0.1) is 6.04 Å². The van der Waals surface area contributed by atoms with Crippen LogP contribution in [-0.2, 0) is 11.2 Å². The average molecular weight is 476 g/mol. The minimum absolute atomic E-state index is 0.0295. The molecule has 0 unspecified atom stereocenters. The molecule has 0 aliphatic rings. The zero-order valence-electron chi connectivity index (χ0n) is 20.5. The lowest BCUT2D eigenvalue weighted by molar-refractivity contribution is -0.126. The summed E-state index contributed by atoms with van der Waals surface area (Å²) in [5, 5.41) is 33.8. The highest BCUT2D eigenvalue weighted by atomic mass is 16.4. The lowest BCUT2D eigenvalue weighted by atomic mass is 9.79. The van der Waals surface area contributed by atoms with Gasteiger partial charge in [0.1, 0.15) is 11.6 Å². The molecule has 0 saturated carbocycles. The zero-order valence-corrected chi connectivity index (χ0v) is 20.5. The summed E-state index contributed by atoms with van der Waals surface area (Å²) in [6, 6.07) is 16.0. The van der Waals surface area contributed by atoms with Gasteiger partial charge < -0.3 is 25.6 Å². The van der Waals surface area contributed by atoms with Crippen molar-refractivity contribution in [3.05, 3.63) is 76.4 Å². The van der Waals surface area contributed by atoms with E-state index in [2.05, 4.69) is 10.6 Å². The van der Waals surface area contributed by atoms with E-state index in [0.29, 0.717) is 26.1 Å². The summed E-state index contributed by atoms with van der Waals surface area (Å²) in [6.07, 6.45) is 2.09. The average Bonchev–Trinajstić information content (AvgIpc) is 2.83. The number of nitrogens with zero attached hydrogens (tertiary/aromatic N) is 2. The Hall–Kier alpha value is -3.61. The third-order valence-corrected chi connectivity index (χ3v) is 5.59. The standard InChI is InChI=1S/C26H33BN4O4/c1-4-31(5-2)25(32)23(18-28)16-21-8-6-7-20(15-21)13-14-29-26(33)30-24(17-27(34)35)22-11-9-19(3)10-12-22/h6-12,15-16,24,34-35H,4-5,13-14,17H2,1-3H3,(H2,29,30,33)/t24-/m0/s1. The number of amides is 3. The van der Waals surface area contributed by atoms with Crippen molar-refractivity contribution >= 4 is 25.1 Å². The van der Waals surface area contributed by atoms with Gasteiger partial charge in [-0.15, -0.1) is 0 Å². The van der Waals surface area contributed by atoms with Crippen molar-refractivity contribution in [3.8, 4) is 6.07 Å². The minimum Gasteiger partial charge on any atom is -0.427 e. The molecule has 0 spiro atoms. The maximum atomic E-state index is 12.5. The number of likely N-dealkylation sites (N-methyl/N-ethyl adjacent to an activating group) is 1. The number of benzene rings is 2. The van der Waals surface area contributed by atoms with Crippen molar-refractivity contribution in [3.63, 3.8) is 0 Å². The molecule has 0 aliphatic heterocycles. The molecule has 4 N–H and O–H groups in total. The molecule has 3 amide bonds. The molecule has 2 rings (SSSR count). The van der Waals surface area contributed by atoms with Gasteiger partial charge in [-0.3, -0.25) is 4.79 Å². The lowest BCUT2D eigenvalue weighted by Gasteiger charge is -2.19. The molecule has 0 heterocycles. The van der Waals surface area contributed by atoms with E-state index in [-0.39, 0.29) is 17.8 Å². The van der Waals surface area contributed by atoms with Crippen molar-refractivity contribution in [2.45, 2.75) is 39.6 Å². The van der Waals surface area contributed by atoms with E-state index in [4.69, 9.17) is 0 Å². The van der Waals surface area contributed by atoms with Crippen molar-refractivity contribution in [1.29, 1.82) is 5.26 Å². The summed E-state index contributed by atoms with van der Waals surface area (Å²) in [7, 11) is -1.55. The van der Waals surface area contributed by atoms with Gasteiger partial charge in [0.2, 0.25) is 0 Å². The summed E-state index contributed by atoms with van der Waals surface area (Å²) < 4.78 is 0. The Kier molecular flexibility index (Phi) is 11.0. The van der Waals surface area contributed by atoms with Gasteiger partial charge in [0, 0.05) is 26.0 Å². The smallest absolute Gasteiger partial charge is 0.427 e. The van der Waals surface area contributed by atoms with E-state index in [1.165, 1.54) is 0 Å². The van der Waals surface area contributed by atoms with Crippen LogP contribution in [0.5, 0.6) is 0 Å². The van der Waals surface area contributed by atoms with E-state index in [9.17, 15) is 24.9 Å². The molecule has 0 aliphatic carbocycles. The van der Waals surface area contributed by atoms with E-state index in [0.717, 1.165) is 22.3 Å². The molecule has 0 aromatic heterocycles. The number of aryl methyl sites for hydroxylation is 1. The molecule has 0 radical (unpaired) electrons. The topological polar surface area (TPSA) is 126 Å². The van der Waals surface area contributed by atoms with Gasteiger partial charge in [-0.1, -0.05) is 54.1 Å². The maximum Gasteiger partial charge on any atom is 0.453 e. The minimum atomic E-state index is -1.55. The number of nitriles is 1. The Morgan fingerprint density at radius 3 is 2.43 bits per heavy atom. The Morgan fingerprint density at radius 2 is 1.83 bits per heavy atom. The van der Waals surface area contributed by atoms with Crippen LogP contribution in [0.3, 0.4) is 0 Å². The molecule has 35 heavy (non-hydrogen) atoms. The Bertz CT molecular complexity index is 1060. The number of nitrogens with one attached hydrogen (secondary N) is 2. The summed E-state index contributed by atoms with van der Waals surface area (Å²) in [6.45, 7) is 7.11. The van der Waals surface area contributed by atoms with Gasteiger partial charge >= 0.3 is 13.1 Å². The van der Waals surface area contributed by atoms with Gasteiger partial charge in [0.25, 0.3) is 5.91 Å². The van der Waals surface area contributed by atoms with Gasteiger partial charge in [-0.25, -0.2) is 4.79 Å². The normalized spacial score (nSPS) is 11.8. The second-order valence-electron chi connectivity index (χ2n) is 8.22. The summed E-state index contributed by atoms with van der Waals surface area (Å²) in [4.78, 5) is 26.5. The molecule has 2 aromatic rings. The quantitative estimate of drug-likeness (QED) is 0.226. The summed E-state index contributed by atoms with van der Waals surface area (Å²) >= 11 is 0. The van der Waals surface area contributed by atoms with Crippen molar-refractivity contribution in [2.24, 2.45) is 0 Å². The van der Waals surface area contributed by atoms with Crippen molar-refractivity contribution < 1.29 is 19.6 Å². The molecule has 2 aromatic carbocycles. The molecule has 0 saturated heterocycles. The van der Waals surface area contributed by atoms with Crippen LogP contribution in [0.2, 0.25) is 6.32 Å². The van der Waals surface area contributed by atoms with Crippen LogP contribution in [0, 0.1) is 18.3 Å². The fourth-order valence-corrected chi connectivity index (χ4v) is 3.65. The SMILES string of the molecule is CCN(CC)C(=O)C(C#N)=Cc1cccc(CCNC(=O)N[C@@H](CB(O)O)c2ccc(C)cc2)c1. The number of urea groups is 1. The van der Waals surface area contributed by atoms with E-state index < -0.39 is 19.2 Å². The van der Waals surface area contributed by atoms with Crippen LogP contribution >= 0.6 is 0 Å². The van der Waals surface area contributed by atoms with Crippen molar-refractivity contribution in [1.82, 2.24) is 15.5 Å². The van der Waals surface area contributed by atoms with Crippen LogP contribution in [0.1, 0.15) is 42.1 Å². The second kappa shape index (κ2) is 13.9. The van der Waals surface area contributed by atoms with E-state index >= 15 is 0 Å². The zero-order chi connectivity index (χ0) is 25.8. The number of carbonyl (C=O) groups excluding carboxylic acids is 2. The van der Waals surface area contributed by atoms with Crippen LogP contribution < -0.4 is 10.6 Å². The number of carbonyl (C=O) groups is 2. The first-order valence-electron chi connectivity index (χ1n) is 11.7. The highest BCUT2D eigenvalue weighted by Crippen LogP contribution is 2.19. The highest BCUT2D eigenvalue weighted by molar-refractivity contribution is 6.41. The Balaban J connectivity index is 1.98. The van der Waals surface area contributed by atoms with Crippen LogP contribution in [0.4, 0.5) is 4.79 Å². The van der Waals surface area contributed by atoms with Gasteiger partial charge in [-0.05, 0) is 50.0 Å². The molecule has 0 fully saturated rings. The lowest BCUT2D eigenvalue weighted by Crippen LogP contribution is -2.40. The first kappa shape index (κ1) is 27.6. The molecule has 8 nitrogen and oxygen atoms in total. The molecule has 0 bridgehead atoms. The van der Waals surface area contributed by atoms with Gasteiger partial charge in [0.15, 0.2) is 0 Å². The van der Waals surface area contributed by atoms with Gasteiger partial charge in [-0.2, -0.15) is 5.26 Å². The first-order chi connectivity index (χ1) is 16.8. The summed E-state index contributed by atoms with van der Waals surface area (Å²) in [5.41, 5.74) is 3.60. The molecule has 184 valence electrons. The molecule has 9 heteroatoms. The molecule has 1 atom stereocenters. The largest absolute Gasteiger partial charge is 0.453 e. The Morgan fingerprint density at radius 1 is 1.14 bits per heavy atom. The fraction of sp³-hybridized carbons (Fsp3) is 0.346. The van der Waals surface area contributed by atoms with Crippen LogP contribution in [0.15, 0.2) is 54.1 Å². The monoisotopic (exact) mass is 476 g/mol. The number of hydrogen-bond acceptors (Lipinski definition) is 5. The van der Waals surface area contributed by atoms with Crippen LogP contribution in [-0.4, -0.2) is 53.6 Å². The van der Waals surface area contributed by atoms with Crippen LogP contribution in [0.25, 0.3) is 6.08 Å². The van der Waals surface area contributed by atoms with E-state index in [1.54, 1.807) is 11.0 Å². The maximum absolute atomic E-state index is 12.5. The second-order valence-corrected chi connectivity index (χ2v) is 8.22. The number of rotatable bonds is 11. The molecular formula is C26H33BN4O4. The van der Waals surface area contributed by atoms with Crippen molar-refractivity contribution in [2.75, 3.05) is 19.6 Å². The highest BCUT2D eigenvalue weighted by Gasteiger charge is 2.21. The Labute approximate surface area is 207 Å². The first-order valence-corrected chi connectivity index (χ1v) is 11.7. The predicted molar refractivity (Wildman–Crippen MR) is 137 cm³/mol. The van der Waals surface area contributed by atoms with E-state index in [1.807, 2.05) is 75.4 Å². The third-order valence-electron chi connectivity index (χ3n) is 5.59. The third kappa shape index (κ3) is 8.93.